The summed E-state index contributed by atoms with van der Waals surface area (Å²) in [6, 6.07) is 0.134. The summed E-state index contributed by atoms with van der Waals surface area (Å²) in [5.41, 5.74) is 7.00. The third-order valence-corrected chi connectivity index (χ3v) is 2.44. The fourth-order valence-electron chi connectivity index (χ4n) is 1.65. The Morgan fingerprint density at radius 3 is 2.80 bits per heavy atom. The van der Waals surface area contributed by atoms with E-state index in [4.69, 9.17) is 10.5 Å². The van der Waals surface area contributed by atoms with Crippen molar-refractivity contribution in [3.05, 3.63) is 18.0 Å². The van der Waals surface area contributed by atoms with Crippen molar-refractivity contribution in [2.75, 3.05) is 6.61 Å². The molecular weight excluding hydrogens is 237 g/mol. The van der Waals surface area contributed by atoms with Gasteiger partial charge >= 0.3 is 0 Å². The van der Waals surface area contributed by atoms with E-state index in [0.717, 1.165) is 25.1 Å². The summed E-state index contributed by atoms with van der Waals surface area (Å²) in [5.74, 6) is 0. The van der Waals surface area contributed by atoms with Crippen LogP contribution in [0.4, 0.5) is 0 Å². The average molecular weight is 254 g/mol. The van der Waals surface area contributed by atoms with Gasteiger partial charge < -0.3 is 10.5 Å². The highest BCUT2D eigenvalue weighted by molar-refractivity contribution is 5.85. The highest BCUT2D eigenvalue weighted by Crippen LogP contribution is 2.26. The average Bonchev–Trinajstić information content (AvgIpc) is 2.71. The Morgan fingerprint density at radius 1 is 1.60 bits per heavy atom. The Morgan fingerprint density at radius 2 is 2.33 bits per heavy atom. The Bertz CT molecular complexity index is 293. The number of hydrogen-bond acceptors (Lipinski definition) is 3. The van der Waals surface area contributed by atoms with Crippen LogP contribution >= 0.6 is 24.8 Å². The molecule has 0 bridgehead atoms. The number of ether oxygens (including phenoxy) is 1. The molecule has 1 aliphatic rings. The Hall–Kier alpha value is -0.290. The van der Waals surface area contributed by atoms with Crippen molar-refractivity contribution >= 4 is 24.8 Å². The highest BCUT2D eigenvalue weighted by Gasteiger charge is 2.27. The molecule has 0 aromatic carbocycles. The van der Waals surface area contributed by atoms with Crippen LogP contribution in [0.25, 0.3) is 0 Å². The van der Waals surface area contributed by atoms with Crippen LogP contribution in [0, 0.1) is 0 Å². The predicted octanol–water partition coefficient (Wildman–Crippen LogP) is 1.54. The van der Waals surface area contributed by atoms with E-state index in [9.17, 15) is 0 Å². The van der Waals surface area contributed by atoms with E-state index < -0.39 is 0 Å². The lowest BCUT2D eigenvalue weighted by atomic mass is 10.1. The van der Waals surface area contributed by atoms with E-state index in [-0.39, 0.29) is 37.0 Å². The minimum atomic E-state index is 0. The second-order valence-electron chi connectivity index (χ2n) is 3.37. The van der Waals surface area contributed by atoms with Crippen LogP contribution in [0.15, 0.2) is 12.4 Å². The molecule has 15 heavy (non-hydrogen) atoms. The second kappa shape index (κ2) is 6.33. The van der Waals surface area contributed by atoms with E-state index in [0.29, 0.717) is 0 Å². The first-order chi connectivity index (χ1) is 6.31. The molecule has 2 rings (SSSR count). The summed E-state index contributed by atoms with van der Waals surface area (Å²) in [6.45, 7) is 3.72. The zero-order chi connectivity index (χ0) is 9.26. The molecule has 1 fully saturated rings. The van der Waals surface area contributed by atoms with E-state index in [1.54, 1.807) is 0 Å². The fraction of sp³-hybridized carbons (Fsp3) is 0.667. The number of nitrogens with zero attached hydrogens (tertiary/aromatic N) is 2. The molecule has 2 unspecified atom stereocenters. The smallest absolute Gasteiger partial charge is 0.101 e. The van der Waals surface area contributed by atoms with Gasteiger partial charge in [-0.05, 0) is 13.3 Å². The van der Waals surface area contributed by atoms with Gasteiger partial charge in [-0.3, -0.25) is 4.68 Å². The molecule has 1 aromatic rings. The quantitative estimate of drug-likeness (QED) is 0.870. The molecule has 4 nitrogen and oxygen atoms in total. The molecule has 1 aromatic heterocycles. The van der Waals surface area contributed by atoms with Gasteiger partial charge in [-0.25, -0.2) is 0 Å². The predicted molar refractivity (Wildman–Crippen MR) is 63.7 cm³/mol. The molecule has 88 valence electrons. The fourth-order valence-corrected chi connectivity index (χ4v) is 1.65. The van der Waals surface area contributed by atoms with Gasteiger partial charge in [0.05, 0.1) is 6.20 Å². The lowest BCUT2D eigenvalue weighted by Crippen LogP contribution is -2.23. The number of halogens is 2. The van der Waals surface area contributed by atoms with Crippen molar-refractivity contribution in [1.82, 2.24) is 9.78 Å². The summed E-state index contributed by atoms with van der Waals surface area (Å²) in [4.78, 5) is 0. The first kappa shape index (κ1) is 14.7. The van der Waals surface area contributed by atoms with E-state index in [1.807, 2.05) is 17.1 Å². The zero-order valence-corrected chi connectivity index (χ0v) is 10.3. The van der Waals surface area contributed by atoms with Gasteiger partial charge in [-0.2, -0.15) is 5.10 Å². The summed E-state index contributed by atoms with van der Waals surface area (Å²) >= 11 is 0. The van der Waals surface area contributed by atoms with Crippen molar-refractivity contribution in [2.45, 2.75) is 32.0 Å². The van der Waals surface area contributed by atoms with Crippen molar-refractivity contribution in [1.29, 1.82) is 0 Å². The van der Waals surface area contributed by atoms with Crippen LogP contribution in [-0.4, -0.2) is 22.4 Å². The Balaban J connectivity index is 0.000000980. The molecule has 1 aliphatic heterocycles. The Labute approximate surface area is 102 Å². The van der Waals surface area contributed by atoms with E-state index >= 15 is 0 Å². The van der Waals surface area contributed by atoms with Gasteiger partial charge in [0.15, 0.2) is 0 Å². The summed E-state index contributed by atoms with van der Waals surface area (Å²) in [5, 5.41) is 4.19. The zero-order valence-electron chi connectivity index (χ0n) is 8.63. The second-order valence-corrected chi connectivity index (χ2v) is 3.37. The van der Waals surface area contributed by atoms with E-state index in [1.165, 1.54) is 0 Å². The summed E-state index contributed by atoms with van der Waals surface area (Å²) < 4.78 is 7.42. The van der Waals surface area contributed by atoms with Crippen LogP contribution in [0.1, 0.15) is 25.0 Å². The third-order valence-electron chi connectivity index (χ3n) is 2.44. The molecule has 2 atom stereocenters. The number of hydrogen-bond donors (Lipinski definition) is 1. The molecule has 0 radical (unpaired) electrons. The monoisotopic (exact) mass is 253 g/mol. The number of aryl methyl sites for hydroxylation is 1. The standard InChI is InChI=1S/C9H15N3O.2ClH/c1-2-12-6-7(5-11-12)9-8(10)3-4-13-9;;/h5-6,8-9H,2-4,10H2,1H3;2*1H. The number of nitrogens with two attached hydrogens (primary N) is 1. The molecule has 6 heteroatoms. The topological polar surface area (TPSA) is 53.1 Å². The lowest BCUT2D eigenvalue weighted by Gasteiger charge is -2.11. The van der Waals surface area contributed by atoms with E-state index in [2.05, 4.69) is 12.0 Å². The first-order valence-corrected chi connectivity index (χ1v) is 4.71. The van der Waals surface area contributed by atoms with Gasteiger partial charge in [0.2, 0.25) is 0 Å². The molecule has 0 saturated carbocycles. The van der Waals surface area contributed by atoms with Crippen molar-refractivity contribution in [2.24, 2.45) is 5.73 Å². The highest BCUT2D eigenvalue weighted by atomic mass is 35.5. The van der Waals surface area contributed by atoms with Crippen molar-refractivity contribution in [3.8, 4) is 0 Å². The molecule has 2 heterocycles. The summed E-state index contributed by atoms with van der Waals surface area (Å²) in [7, 11) is 0. The first-order valence-electron chi connectivity index (χ1n) is 4.71. The van der Waals surface area contributed by atoms with Gasteiger partial charge in [0.1, 0.15) is 6.10 Å². The van der Waals surface area contributed by atoms with Crippen LogP contribution < -0.4 is 5.73 Å². The summed E-state index contributed by atoms with van der Waals surface area (Å²) in [6.07, 6.45) is 4.86. The van der Waals surface area contributed by atoms with Gasteiger partial charge in [-0.1, -0.05) is 0 Å². The molecule has 0 amide bonds. The van der Waals surface area contributed by atoms with Gasteiger partial charge in [0, 0.05) is 31.0 Å². The van der Waals surface area contributed by atoms with Crippen LogP contribution in [0.2, 0.25) is 0 Å². The lowest BCUT2D eigenvalue weighted by molar-refractivity contribution is 0.105. The van der Waals surface area contributed by atoms with Crippen LogP contribution in [-0.2, 0) is 11.3 Å². The van der Waals surface area contributed by atoms with Crippen molar-refractivity contribution in [3.63, 3.8) is 0 Å². The molecule has 0 aliphatic carbocycles. The largest absolute Gasteiger partial charge is 0.372 e. The minimum absolute atomic E-state index is 0. The molecule has 1 saturated heterocycles. The molecule has 0 spiro atoms. The number of aromatic nitrogens is 2. The third kappa shape index (κ3) is 3.08. The Kier molecular flexibility index (Phi) is 6.20. The number of rotatable bonds is 2. The van der Waals surface area contributed by atoms with Gasteiger partial charge in [0.25, 0.3) is 0 Å². The van der Waals surface area contributed by atoms with Gasteiger partial charge in [-0.15, -0.1) is 24.8 Å². The normalized spacial score (nSPS) is 24.4. The SMILES string of the molecule is CCn1cc(C2OCCC2N)cn1.Cl.Cl. The van der Waals surface area contributed by atoms with Crippen LogP contribution in [0.5, 0.6) is 0 Å². The van der Waals surface area contributed by atoms with Crippen LogP contribution in [0.3, 0.4) is 0 Å². The maximum absolute atomic E-state index is 5.90. The van der Waals surface area contributed by atoms with Crippen molar-refractivity contribution < 1.29 is 4.74 Å². The maximum Gasteiger partial charge on any atom is 0.101 e. The molecular formula is C9H17Cl2N3O. The maximum atomic E-state index is 5.90. The molecule has 2 N–H and O–H groups in total. The minimum Gasteiger partial charge on any atom is -0.372 e.